The quantitative estimate of drug-likeness (QED) is 0.546. The summed E-state index contributed by atoms with van der Waals surface area (Å²) in [6, 6.07) is 0. The first-order valence-electron chi connectivity index (χ1n) is 4.68. The summed E-state index contributed by atoms with van der Waals surface area (Å²) in [6.45, 7) is 0. The molecule has 0 heterocycles. The zero-order chi connectivity index (χ0) is 9.98. The minimum absolute atomic E-state index is 0. The topological polar surface area (TPSA) is 6.48 Å². The molecular formula is C10H28I2N2. The molecule has 0 bridgehead atoms. The van der Waals surface area contributed by atoms with E-state index in [2.05, 4.69) is 0 Å². The third-order valence-electron chi connectivity index (χ3n) is 1.000. The van der Waals surface area contributed by atoms with Crippen LogP contribution in [-0.4, -0.2) is 52.1 Å². The Bertz CT molecular complexity index is 59.0. The molecule has 0 aromatic carbocycles. The third-order valence-corrected chi connectivity index (χ3v) is 1.000. The first kappa shape index (κ1) is 24.6. The van der Waals surface area contributed by atoms with Gasteiger partial charge in [0, 0.05) is 0 Å². The summed E-state index contributed by atoms with van der Waals surface area (Å²) in [7, 11) is 12.0. The largest absolute Gasteiger partial charge is 0.312 e. The van der Waals surface area contributed by atoms with Crippen LogP contribution in [0.3, 0.4) is 0 Å². The summed E-state index contributed by atoms with van der Waals surface area (Å²) >= 11 is 0. The third kappa shape index (κ3) is 70.8. The monoisotopic (exact) mass is 430 g/mol. The SMILES string of the molecule is C1CCC1.CN(C)C.CN(C)C.I.I. The van der Waals surface area contributed by atoms with Crippen molar-refractivity contribution in [3.63, 3.8) is 0 Å². The van der Waals surface area contributed by atoms with E-state index in [0.29, 0.717) is 0 Å². The van der Waals surface area contributed by atoms with Crippen LogP contribution in [-0.2, 0) is 0 Å². The Balaban J connectivity index is -0.0000000500. The molecular weight excluding hydrogens is 402 g/mol. The van der Waals surface area contributed by atoms with E-state index in [4.69, 9.17) is 0 Å². The predicted octanol–water partition coefficient (Wildman–Crippen LogP) is 3.15. The number of halogens is 2. The van der Waals surface area contributed by atoms with Gasteiger partial charge in [0.15, 0.2) is 0 Å². The van der Waals surface area contributed by atoms with E-state index >= 15 is 0 Å². The predicted molar refractivity (Wildman–Crippen MR) is 88.5 cm³/mol. The maximum Gasteiger partial charge on any atom is -0.0140 e. The Morgan fingerprint density at radius 2 is 0.571 bits per heavy atom. The number of nitrogens with zero attached hydrogens (tertiary/aromatic N) is 2. The molecule has 1 aliphatic carbocycles. The van der Waals surface area contributed by atoms with Crippen molar-refractivity contribution in [2.24, 2.45) is 0 Å². The summed E-state index contributed by atoms with van der Waals surface area (Å²) in [4.78, 5) is 4.00. The summed E-state index contributed by atoms with van der Waals surface area (Å²) in [5.74, 6) is 0. The van der Waals surface area contributed by atoms with E-state index in [1.165, 1.54) is 25.7 Å². The summed E-state index contributed by atoms with van der Waals surface area (Å²) in [5.41, 5.74) is 0. The zero-order valence-electron chi connectivity index (χ0n) is 10.5. The van der Waals surface area contributed by atoms with Crippen molar-refractivity contribution in [2.45, 2.75) is 25.7 Å². The van der Waals surface area contributed by atoms with Gasteiger partial charge in [0.05, 0.1) is 0 Å². The average molecular weight is 430 g/mol. The van der Waals surface area contributed by atoms with Gasteiger partial charge in [0.25, 0.3) is 0 Å². The lowest BCUT2D eigenvalue weighted by Crippen LogP contribution is -1.99. The van der Waals surface area contributed by atoms with E-state index in [0.717, 1.165) is 0 Å². The van der Waals surface area contributed by atoms with Crippen LogP contribution in [0.2, 0.25) is 0 Å². The van der Waals surface area contributed by atoms with Gasteiger partial charge in [0.2, 0.25) is 0 Å². The van der Waals surface area contributed by atoms with Crippen molar-refractivity contribution in [1.82, 2.24) is 9.80 Å². The van der Waals surface area contributed by atoms with Crippen LogP contribution in [0.15, 0.2) is 0 Å². The van der Waals surface area contributed by atoms with Gasteiger partial charge < -0.3 is 9.80 Å². The van der Waals surface area contributed by atoms with Crippen molar-refractivity contribution < 1.29 is 0 Å². The Hall–Kier alpha value is 1.38. The van der Waals surface area contributed by atoms with E-state index in [-0.39, 0.29) is 48.0 Å². The second-order valence-corrected chi connectivity index (χ2v) is 4.10. The molecule has 4 heteroatoms. The molecule has 92 valence electrons. The molecule has 14 heavy (non-hydrogen) atoms. The molecule has 1 fully saturated rings. The molecule has 0 atom stereocenters. The highest BCUT2D eigenvalue weighted by Crippen LogP contribution is 2.15. The molecule has 0 spiro atoms. The fourth-order valence-electron chi connectivity index (χ4n) is 0.250. The fraction of sp³-hybridized carbons (Fsp3) is 1.00. The van der Waals surface area contributed by atoms with Gasteiger partial charge in [-0.2, -0.15) is 0 Å². The summed E-state index contributed by atoms with van der Waals surface area (Å²) < 4.78 is 0. The smallest absolute Gasteiger partial charge is 0.0140 e. The lowest BCUT2D eigenvalue weighted by molar-refractivity contribution is 0.504. The van der Waals surface area contributed by atoms with Gasteiger partial charge in [-0.25, -0.2) is 0 Å². The second kappa shape index (κ2) is 19.9. The molecule has 0 aliphatic heterocycles. The molecule has 0 unspecified atom stereocenters. The highest BCUT2D eigenvalue weighted by Gasteiger charge is 1.95. The molecule has 0 amide bonds. The number of hydrogen-bond acceptors (Lipinski definition) is 2. The van der Waals surface area contributed by atoms with E-state index in [1.54, 1.807) is 0 Å². The molecule has 0 radical (unpaired) electrons. The summed E-state index contributed by atoms with van der Waals surface area (Å²) in [6.07, 6.45) is 6.00. The van der Waals surface area contributed by atoms with Crippen molar-refractivity contribution in [3.05, 3.63) is 0 Å². The van der Waals surface area contributed by atoms with Crippen LogP contribution in [0.4, 0.5) is 0 Å². The van der Waals surface area contributed by atoms with E-state index in [9.17, 15) is 0 Å². The van der Waals surface area contributed by atoms with Gasteiger partial charge >= 0.3 is 0 Å². The molecule has 2 nitrogen and oxygen atoms in total. The Kier molecular flexibility index (Phi) is 34.9. The van der Waals surface area contributed by atoms with Crippen LogP contribution in [0.1, 0.15) is 25.7 Å². The van der Waals surface area contributed by atoms with Crippen LogP contribution in [0, 0.1) is 0 Å². The Morgan fingerprint density at radius 3 is 0.571 bits per heavy atom. The van der Waals surface area contributed by atoms with Gasteiger partial charge in [-0.15, -0.1) is 48.0 Å². The minimum atomic E-state index is 0. The number of rotatable bonds is 0. The van der Waals surface area contributed by atoms with Crippen molar-refractivity contribution in [3.8, 4) is 0 Å². The lowest BCUT2D eigenvalue weighted by atomic mass is 10.0. The normalized spacial score (nSPS) is 12.0. The fourth-order valence-corrected chi connectivity index (χ4v) is 0.250. The van der Waals surface area contributed by atoms with Crippen LogP contribution < -0.4 is 0 Å². The number of hydrogen-bond donors (Lipinski definition) is 0. The first-order chi connectivity index (χ1) is 5.46. The maximum atomic E-state index is 2.00. The Labute approximate surface area is 125 Å². The van der Waals surface area contributed by atoms with Crippen molar-refractivity contribution in [1.29, 1.82) is 0 Å². The highest BCUT2D eigenvalue weighted by molar-refractivity contribution is 14.0. The minimum Gasteiger partial charge on any atom is -0.312 e. The van der Waals surface area contributed by atoms with Crippen LogP contribution in [0.5, 0.6) is 0 Å². The van der Waals surface area contributed by atoms with Gasteiger partial charge in [-0.3, -0.25) is 0 Å². The van der Waals surface area contributed by atoms with Gasteiger partial charge in [-0.1, -0.05) is 25.7 Å². The molecule has 0 aromatic rings. The molecule has 0 aromatic heterocycles. The summed E-state index contributed by atoms with van der Waals surface area (Å²) in [5, 5.41) is 0. The zero-order valence-corrected chi connectivity index (χ0v) is 15.2. The average Bonchev–Trinajstić information content (AvgIpc) is 1.50. The standard InChI is InChI=1S/C4H8.2C3H9N.2HI/c1-2-4-3-1;2*1-4(2)3;;/h1-4H2;2*1-3H3;2*1H. The molecule has 1 aliphatic rings. The van der Waals surface area contributed by atoms with Gasteiger partial charge in [0.1, 0.15) is 0 Å². The van der Waals surface area contributed by atoms with E-state index in [1.807, 2.05) is 52.1 Å². The lowest BCUT2D eigenvalue weighted by Gasteiger charge is -2.05. The highest BCUT2D eigenvalue weighted by atomic mass is 127. The van der Waals surface area contributed by atoms with E-state index < -0.39 is 0 Å². The Morgan fingerprint density at radius 1 is 0.500 bits per heavy atom. The molecule has 1 rings (SSSR count). The van der Waals surface area contributed by atoms with Crippen molar-refractivity contribution >= 4 is 48.0 Å². The van der Waals surface area contributed by atoms with Crippen LogP contribution in [0.25, 0.3) is 0 Å². The molecule has 1 saturated carbocycles. The maximum absolute atomic E-state index is 2.00. The molecule has 0 N–H and O–H groups in total. The molecule has 0 saturated heterocycles. The van der Waals surface area contributed by atoms with Gasteiger partial charge in [-0.05, 0) is 42.3 Å². The second-order valence-electron chi connectivity index (χ2n) is 4.10. The first-order valence-corrected chi connectivity index (χ1v) is 4.68. The van der Waals surface area contributed by atoms with Crippen LogP contribution >= 0.6 is 48.0 Å². The van der Waals surface area contributed by atoms with Crippen molar-refractivity contribution in [2.75, 3.05) is 42.3 Å².